The summed E-state index contributed by atoms with van der Waals surface area (Å²) >= 11 is 0. The number of benzene rings is 2. The first-order chi connectivity index (χ1) is 15.9. The molecule has 33 heavy (non-hydrogen) atoms. The number of piperazine rings is 1. The topological polar surface area (TPSA) is 89.9 Å². The lowest BCUT2D eigenvalue weighted by Gasteiger charge is -2.38. The van der Waals surface area contributed by atoms with E-state index in [1.807, 2.05) is 43.3 Å². The molecule has 1 fully saturated rings. The van der Waals surface area contributed by atoms with Gasteiger partial charge in [0.15, 0.2) is 5.82 Å². The highest BCUT2D eigenvalue weighted by Gasteiger charge is 2.27. The molecule has 8 heteroatoms. The van der Waals surface area contributed by atoms with Gasteiger partial charge in [-0.1, -0.05) is 24.3 Å². The first kappa shape index (κ1) is 22.4. The van der Waals surface area contributed by atoms with Crippen molar-refractivity contribution in [1.82, 2.24) is 19.8 Å². The second-order valence-corrected chi connectivity index (χ2v) is 8.24. The van der Waals surface area contributed by atoms with Crippen molar-refractivity contribution >= 4 is 17.7 Å². The molecule has 0 bridgehead atoms. The predicted molar refractivity (Wildman–Crippen MR) is 126 cm³/mol. The van der Waals surface area contributed by atoms with Crippen LogP contribution in [-0.4, -0.2) is 69.6 Å². The Morgan fingerprint density at radius 2 is 1.70 bits per heavy atom. The largest absolute Gasteiger partial charge is 0.465 e. The highest BCUT2D eigenvalue weighted by molar-refractivity contribution is 6.05. The van der Waals surface area contributed by atoms with Gasteiger partial charge in [0.1, 0.15) is 0 Å². The molecule has 1 atom stereocenters. The molecule has 2 heterocycles. The van der Waals surface area contributed by atoms with Gasteiger partial charge >= 0.3 is 6.09 Å². The predicted octanol–water partition coefficient (Wildman–Crippen LogP) is 3.60. The Morgan fingerprint density at radius 1 is 1.03 bits per heavy atom. The summed E-state index contributed by atoms with van der Waals surface area (Å²) in [4.78, 5) is 38.0. The minimum atomic E-state index is -0.859. The minimum absolute atomic E-state index is 0.0286. The zero-order chi connectivity index (χ0) is 23.4. The standard InChI is InChI=1S/C25H27N5O3/c1-18-16-29(14-15-30(18)25(32)33)17-19-4-10-22(11-5-19)28(2)24(31)21-8-6-20(7-9-21)23-26-12-3-13-27-23/h3-13,18H,14-17H2,1-2H3,(H,32,33)/t18-/m0/s1. The van der Waals surface area contributed by atoms with E-state index in [-0.39, 0.29) is 11.9 Å². The fourth-order valence-electron chi connectivity index (χ4n) is 4.06. The molecule has 0 aliphatic carbocycles. The summed E-state index contributed by atoms with van der Waals surface area (Å²) in [5, 5.41) is 9.23. The number of hydrogen-bond acceptors (Lipinski definition) is 5. The summed E-state index contributed by atoms with van der Waals surface area (Å²) in [6, 6.07) is 16.9. The smallest absolute Gasteiger partial charge is 0.407 e. The van der Waals surface area contributed by atoms with Crippen LogP contribution in [0.3, 0.4) is 0 Å². The highest BCUT2D eigenvalue weighted by Crippen LogP contribution is 2.20. The van der Waals surface area contributed by atoms with Crippen LogP contribution in [0.25, 0.3) is 11.4 Å². The SMILES string of the molecule is C[C@H]1CN(Cc2ccc(N(C)C(=O)c3ccc(-c4ncccn4)cc3)cc2)CCN1C(=O)O. The van der Waals surface area contributed by atoms with Crippen LogP contribution in [-0.2, 0) is 6.54 Å². The number of rotatable bonds is 5. The third kappa shape index (κ3) is 5.18. The highest BCUT2D eigenvalue weighted by atomic mass is 16.4. The molecule has 1 aromatic heterocycles. The number of nitrogens with zero attached hydrogens (tertiary/aromatic N) is 5. The van der Waals surface area contributed by atoms with Crippen molar-refractivity contribution in [2.45, 2.75) is 19.5 Å². The van der Waals surface area contributed by atoms with Crippen LogP contribution in [0.1, 0.15) is 22.8 Å². The van der Waals surface area contributed by atoms with Crippen molar-refractivity contribution in [3.8, 4) is 11.4 Å². The van der Waals surface area contributed by atoms with E-state index in [2.05, 4.69) is 14.9 Å². The Morgan fingerprint density at radius 3 is 2.30 bits per heavy atom. The maximum Gasteiger partial charge on any atom is 0.407 e. The summed E-state index contributed by atoms with van der Waals surface area (Å²) in [5.41, 5.74) is 3.38. The zero-order valence-electron chi connectivity index (χ0n) is 18.8. The molecule has 0 spiro atoms. The summed E-state index contributed by atoms with van der Waals surface area (Å²) < 4.78 is 0. The van der Waals surface area contributed by atoms with Crippen LogP contribution in [0.15, 0.2) is 67.0 Å². The number of carbonyl (C=O) groups excluding carboxylic acids is 1. The van der Waals surface area contributed by atoms with Crippen molar-refractivity contribution in [2.75, 3.05) is 31.6 Å². The van der Waals surface area contributed by atoms with Gasteiger partial charge in [-0.05, 0) is 42.8 Å². The van der Waals surface area contributed by atoms with E-state index in [4.69, 9.17) is 0 Å². The maximum atomic E-state index is 13.0. The van der Waals surface area contributed by atoms with Crippen LogP contribution >= 0.6 is 0 Å². The molecule has 2 amide bonds. The van der Waals surface area contributed by atoms with E-state index in [0.717, 1.165) is 23.4 Å². The van der Waals surface area contributed by atoms with Gasteiger partial charge in [-0.3, -0.25) is 9.69 Å². The van der Waals surface area contributed by atoms with E-state index >= 15 is 0 Å². The van der Waals surface area contributed by atoms with Crippen molar-refractivity contribution < 1.29 is 14.7 Å². The number of amides is 2. The monoisotopic (exact) mass is 445 g/mol. The molecule has 8 nitrogen and oxygen atoms in total. The number of carbonyl (C=O) groups is 2. The Balaban J connectivity index is 1.37. The van der Waals surface area contributed by atoms with Crippen molar-refractivity contribution in [3.63, 3.8) is 0 Å². The van der Waals surface area contributed by atoms with Gasteiger partial charge in [-0.25, -0.2) is 14.8 Å². The summed E-state index contributed by atoms with van der Waals surface area (Å²) in [6.07, 6.45) is 2.52. The fourth-order valence-corrected chi connectivity index (χ4v) is 4.06. The Kier molecular flexibility index (Phi) is 6.65. The van der Waals surface area contributed by atoms with Gasteiger partial charge in [-0.2, -0.15) is 0 Å². The molecular weight excluding hydrogens is 418 g/mol. The van der Waals surface area contributed by atoms with Gasteiger partial charge in [0, 0.05) is 68.5 Å². The second kappa shape index (κ2) is 9.79. The average molecular weight is 446 g/mol. The lowest BCUT2D eigenvalue weighted by molar-refractivity contribution is 0.0711. The van der Waals surface area contributed by atoms with Gasteiger partial charge in [0.25, 0.3) is 5.91 Å². The molecule has 1 N–H and O–H groups in total. The zero-order valence-corrected chi connectivity index (χ0v) is 18.8. The van der Waals surface area contributed by atoms with E-state index < -0.39 is 6.09 Å². The molecule has 0 unspecified atom stereocenters. The van der Waals surface area contributed by atoms with E-state index in [0.29, 0.717) is 31.0 Å². The Hall–Kier alpha value is -3.78. The second-order valence-electron chi connectivity index (χ2n) is 8.24. The number of aromatic nitrogens is 2. The normalized spacial score (nSPS) is 16.4. The molecule has 0 saturated carbocycles. The molecule has 0 radical (unpaired) electrons. The molecule has 1 aliphatic rings. The molecule has 3 aromatic rings. The first-order valence-corrected chi connectivity index (χ1v) is 10.9. The van der Waals surface area contributed by atoms with Gasteiger partial charge in [0.2, 0.25) is 0 Å². The maximum absolute atomic E-state index is 13.0. The quantitative estimate of drug-likeness (QED) is 0.645. The third-order valence-corrected chi connectivity index (χ3v) is 5.95. The lowest BCUT2D eigenvalue weighted by atomic mass is 10.1. The number of carboxylic acid groups (broad SMARTS) is 1. The molecule has 2 aromatic carbocycles. The molecule has 1 saturated heterocycles. The van der Waals surface area contributed by atoms with Gasteiger partial charge < -0.3 is 14.9 Å². The van der Waals surface area contributed by atoms with E-state index in [1.54, 1.807) is 42.5 Å². The molecule has 4 rings (SSSR count). The first-order valence-electron chi connectivity index (χ1n) is 10.9. The van der Waals surface area contributed by atoms with Crippen LogP contribution < -0.4 is 4.90 Å². The lowest BCUT2D eigenvalue weighted by Crippen LogP contribution is -2.53. The summed E-state index contributed by atoms with van der Waals surface area (Å²) in [5.74, 6) is 0.529. The van der Waals surface area contributed by atoms with Crippen molar-refractivity contribution in [3.05, 3.63) is 78.1 Å². The Labute approximate surface area is 193 Å². The van der Waals surface area contributed by atoms with Gasteiger partial charge in [0.05, 0.1) is 0 Å². The van der Waals surface area contributed by atoms with Crippen LogP contribution in [0.4, 0.5) is 10.5 Å². The minimum Gasteiger partial charge on any atom is -0.465 e. The van der Waals surface area contributed by atoms with Gasteiger partial charge in [-0.15, -0.1) is 0 Å². The van der Waals surface area contributed by atoms with Crippen LogP contribution in [0.5, 0.6) is 0 Å². The Bertz CT molecular complexity index is 1100. The third-order valence-electron chi connectivity index (χ3n) is 5.95. The molecular formula is C25H27N5O3. The van der Waals surface area contributed by atoms with Crippen molar-refractivity contribution in [1.29, 1.82) is 0 Å². The van der Waals surface area contributed by atoms with Crippen LogP contribution in [0.2, 0.25) is 0 Å². The van der Waals surface area contributed by atoms with Crippen LogP contribution in [0, 0.1) is 0 Å². The fraction of sp³-hybridized carbons (Fsp3) is 0.280. The molecule has 1 aliphatic heterocycles. The van der Waals surface area contributed by atoms with E-state index in [1.165, 1.54) is 4.90 Å². The summed E-state index contributed by atoms with van der Waals surface area (Å²) in [6.45, 7) is 4.61. The molecule has 170 valence electrons. The van der Waals surface area contributed by atoms with Crippen molar-refractivity contribution in [2.24, 2.45) is 0 Å². The summed E-state index contributed by atoms with van der Waals surface area (Å²) in [7, 11) is 1.76. The number of anilines is 1. The van der Waals surface area contributed by atoms with E-state index in [9.17, 15) is 14.7 Å². The average Bonchev–Trinajstić information content (AvgIpc) is 2.84. The number of hydrogen-bond donors (Lipinski definition) is 1.